The Kier molecular flexibility index (Phi) is 4.20. The van der Waals surface area contributed by atoms with Gasteiger partial charge in [0.25, 0.3) is 0 Å². The van der Waals surface area contributed by atoms with E-state index in [4.69, 9.17) is 0 Å². The van der Waals surface area contributed by atoms with E-state index in [0.29, 0.717) is 11.6 Å². The van der Waals surface area contributed by atoms with Gasteiger partial charge in [-0.25, -0.2) is 13.8 Å². The third-order valence-electron chi connectivity index (χ3n) is 2.83. The first kappa shape index (κ1) is 15.1. The molecule has 0 aliphatic rings. The molecule has 20 heavy (non-hydrogen) atoms. The highest BCUT2D eigenvalue weighted by Crippen LogP contribution is 2.30. The van der Waals surface area contributed by atoms with E-state index in [-0.39, 0.29) is 11.1 Å². The average molecular weight is 296 g/mol. The lowest BCUT2D eigenvalue weighted by atomic mass is 10.1. The van der Waals surface area contributed by atoms with Crippen molar-refractivity contribution < 1.29 is 8.78 Å². The number of benzene rings is 1. The van der Waals surface area contributed by atoms with Gasteiger partial charge in [-0.2, -0.15) is 0 Å². The van der Waals surface area contributed by atoms with Gasteiger partial charge in [0, 0.05) is 22.5 Å². The summed E-state index contributed by atoms with van der Waals surface area (Å²) in [5, 5.41) is 3.89. The van der Waals surface area contributed by atoms with Crippen LogP contribution in [0.15, 0.2) is 18.2 Å². The maximum Gasteiger partial charge on any atom is 0.133 e. The van der Waals surface area contributed by atoms with Crippen molar-refractivity contribution in [2.75, 3.05) is 0 Å². The molecular formula is C15H18F2N2S. The quantitative estimate of drug-likeness (QED) is 0.914. The normalized spacial score (nSPS) is 11.9. The first-order valence-corrected chi connectivity index (χ1v) is 7.25. The lowest BCUT2D eigenvalue weighted by molar-refractivity contribution is 0.425. The van der Waals surface area contributed by atoms with Gasteiger partial charge < -0.3 is 5.32 Å². The molecule has 0 amide bonds. The maximum absolute atomic E-state index is 13.8. The Morgan fingerprint density at radius 2 is 1.95 bits per heavy atom. The molecular weight excluding hydrogens is 278 g/mol. The molecule has 0 atom stereocenters. The molecule has 0 aliphatic heterocycles. The summed E-state index contributed by atoms with van der Waals surface area (Å²) in [4.78, 5) is 5.40. The number of hydrogen-bond donors (Lipinski definition) is 1. The van der Waals surface area contributed by atoms with Gasteiger partial charge >= 0.3 is 0 Å². The summed E-state index contributed by atoms with van der Waals surface area (Å²) in [6, 6.07) is 3.43. The Morgan fingerprint density at radius 1 is 1.25 bits per heavy atom. The van der Waals surface area contributed by atoms with E-state index < -0.39 is 11.6 Å². The first-order valence-electron chi connectivity index (χ1n) is 6.43. The number of rotatable bonds is 3. The predicted molar refractivity (Wildman–Crippen MR) is 78.8 cm³/mol. The number of hydrogen-bond acceptors (Lipinski definition) is 3. The summed E-state index contributed by atoms with van der Waals surface area (Å²) in [5.74, 6) is -0.904. The van der Waals surface area contributed by atoms with Crippen molar-refractivity contribution >= 4 is 11.3 Å². The van der Waals surface area contributed by atoms with Crippen LogP contribution in [0.4, 0.5) is 8.78 Å². The molecule has 108 valence electrons. The molecule has 2 aromatic rings. The summed E-state index contributed by atoms with van der Waals surface area (Å²) in [6.07, 6.45) is 0. The van der Waals surface area contributed by atoms with Crippen LogP contribution in [0, 0.1) is 18.6 Å². The molecule has 1 aromatic heterocycles. The topological polar surface area (TPSA) is 24.9 Å². The smallest absolute Gasteiger partial charge is 0.133 e. The van der Waals surface area contributed by atoms with Crippen LogP contribution in [0.5, 0.6) is 0 Å². The fourth-order valence-corrected chi connectivity index (χ4v) is 2.73. The Hall–Kier alpha value is -1.33. The Morgan fingerprint density at radius 3 is 2.60 bits per heavy atom. The fraction of sp³-hybridized carbons (Fsp3) is 0.400. The van der Waals surface area contributed by atoms with Crippen LogP contribution < -0.4 is 5.32 Å². The maximum atomic E-state index is 13.8. The summed E-state index contributed by atoms with van der Waals surface area (Å²) < 4.78 is 27.0. The second-order valence-corrected chi connectivity index (χ2v) is 6.84. The van der Waals surface area contributed by atoms with E-state index in [9.17, 15) is 8.78 Å². The highest BCUT2D eigenvalue weighted by Gasteiger charge is 2.15. The van der Waals surface area contributed by atoms with Crippen LogP contribution in [0.3, 0.4) is 0 Å². The zero-order chi connectivity index (χ0) is 14.9. The highest BCUT2D eigenvalue weighted by molar-refractivity contribution is 7.15. The molecule has 1 aromatic carbocycles. The van der Waals surface area contributed by atoms with Crippen molar-refractivity contribution in [1.82, 2.24) is 10.3 Å². The largest absolute Gasteiger partial charge is 0.307 e. The molecule has 1 heterocycles. The van der Waals surface area contributed by atoms with Crippen LogP contribution in [-0.2, 0) is 6.54 Å². The minimum atomic E-state index is -0.455. The standard InChI is InChI=1S/C15H18F2N2S/c1-9-13(8-18-15(2,3)4)20-14(19-9)11-7-10(16)5-6-12(11)17/h5-7,18H,8H2,1-4H3. The molecule has 0 unspecified atom stereocenters. The highest BCUT2D eigenvalue weighted by atomic mass is 32.1. The van der Waals surface area contributed by atoms with Crippen LogP contribution in [-0.4, -0.2) is 10.5 Å². The van der Waals surface area contributed by atoms with E-state index in [1.54, 1.807) is 0 Å². The molecule has 1 N–H and O–H groups in total. The second kappa shape index (κ2) is 5.58. The molecule has 0 spiro atoms. The first-order chi connectivity index (χ1) is 9.26. The molecule has 0 aliphatic carbocycles. The van der Waals surface area contributed by atoms with E-state index in [0.717, 1.165) is 22.7 Å². The third-order valence-corrected chi connectivity index (χ3v) is 4.02. The van der Waals surface area contributed by atoms with Gasteiger partial charge in [0.15, 0.2) is 0 Å². The Bertz CT molecular complexity index is 615. The Balaban J connectivity index is 2.29. The minimum Gasteiger partial charge on any atom is -0.307 e. The van der Waals surface area contributed by atoms with Gasteiger partial charge in [0.2, 0.25) is 0 Å². The summed E-state index contributed by atoms with van der Waals surface area (Å²) in [7, 11) is 0. The van der Waals surface area contributed by atoms with Crippen LogP contribution >= 0.6 is 11.3 Å². The van der Waals surface area contributed by atoms with Crippen molar-refractivity contribution in [3.8, 4) is 10.6 Å². The number of thiazole rings is 1. The number of halogens is 2. The number of aryl methyl sites for hydroxylation is 1. The van der Waals surface area contributed by atoms with Crippen molar-refractivity contribution in [3.63, 3.8) is 0 Å². The summed E-state index contributed by atoms with van der Waals surface area (Å²) >= 11 is 1.40. The predicted octanol–water partition coefficient (Wildman–Crippen LogP) is 4.28. The van der Waals surface area contributed by atoms with E-state index in [1.165, 1.54) is 17.4 Å². The number of aromatic nitrogens is 1. The number of nitrogens with zero attached hydrogens (tertiary/aromatic N) is 1. The lowest BCUT2D eigenvalue weighted by Gasteiger charge is -2.19. The molecule has 5 heteroatoms. The van der Waals surface area contributed by atoms with Gasteiger partial charge in [-0.15, -0.1) is 11.3 Å². The van der Waals surface area contributed by atoms with Crippen LogP contribution in [0.25, 0.3) is 10.6 Å². The number of nitrogens with one attached hydrogen (secondary N) is 1. The SMILES string of the molecule is Cc1nc(-c2cc(F)ccc2F)sc1CNC(C)(C)C. The summed E-state index contributed by atoms with van der Waals surface area (Å²) in [5.41, 5.74) is 1.08. The van der Waals surface area contributed by atoms with Crippen molar-refractivity contribution in [1.29, 1.82) is 0 Å². The molecule has 2 nitrogen and oxygen atoms in total. The van der Waals surface area contributed by atoms with Gasteiger partial charge in [0.05, 0.1) is 5.69 Å². The molecule has 2 rings (SSSR count). The second-order valence-electron chi connectivity index (χ2n) is 5.76. The average Bonchev–Trinajstić information content (AvgIpc) is 2.70. The van der Waals surface area contributed by atoms with E-state index >= 15 is 0 Å². The fourth-order valence-electron chi connectivity index (χ4n) is 1.71. The Labute approximate surface area is 121 Å². The lowest BCUT2D eigenvalue weighted by Crippen LogP contribution is -2.34. The molecule has 0 bridgehead atoms. The van der Waals surface area contributed by atoms with Gasteiger partial charge in [-0.1, -0.05) is 0 Å². The van der Waals surface area contributed by atoms with Gasteiger partial charge in [-0.3, -0.25) is 0 Å². The zero-order valence-electron chi connectivity index (χ0n) is 12.1. The van der Waals surface area contributed by atoms with E-state index in [2.05, 4.69) is 31.1 Å². The van der Waals surface area contributed by atoms with Crippen molar-refractivity contribution in [3.05, 3.63) is 40.4 Å². The van der Waals surface area contributed by atoms with Crippen molar-refractivity contribution in [2.24, 2.45) is 0 Å². The molecule has 0 saturated carbocycles. The summed E-state index contributed by atoms with van der Waals surface area (Å²) in [6.45, 7) is 8.80. The van der Waals surface area contributed by atoms with E-state index in [1.807, 2.05) is 6.92 Å². The van der Waals surface area contributed by atoms with Gasteiger partial charge in [-0.05, 0) is 45.9 Å². The third kappa shape index (κ3) is 3.61. The van der Waals surface area contributed by atoms with Crippen LogP contribution in [0.1, 0.15) is 31.3 Å². The molecule has 0 saturated heterocycles. The van der Waals surface area contributed by atoms with Crippen LogP contribution in [0.2, 0.25) is 0 Å². The van der Waals surface area contributed by atoms with Crippen molar-refractivity contribution in [2.45, 2.75) is 39.8 Å². The zero-order valence-corrected chi connectivity index (χ0v) is 12.9. The monoisotopic (exact) mass is 296 g/mol. The minimum absolute atomic E-state index is 0.000693. The molecule has 0 radical (unpaired) electrons. The molecule has 0 fully saturated rings. The van der Waals surface area contributed by atoms with Gasteiger partial charge in [0.1, 0.15) is 16.6 Å².